The minimum atomic E-state index is 0.132. The average Bonchev–Trinajstić information content (AvgIpc) is 2.70. The predicted molar refractivity (Wildman–Crippen MR) is 79.8 cm³/mol. The van der Waals surface area contributed by atoms with Gasteiger partial charge in [-0.3, -0.25) is 9.78 Å². The third-order valence-electron chi connectivity index (χ3n) is 3.47. The van der Waals surface area contributed by atoms with E-state index in [1.165, 1.54) is 0 Å². The molecular formula is C16H17N3O. The van der Waals surface area contributed by atoms with Gasteiger partial charge < -0.3 is 10.2 Å². The molecule has 4 heteroatoms. The molecule has 0 saturated heterocycles. The second-order valence-electron chi connectivity index (χ2n) is 4.88. The fourth-order valence-electron chi connectivity index (χ4n) is 2.47. The van der Waals surface area contributed by atoms with Crippen LogP contribution in [-0.2, 0) is 11.2 Å². The highest BCUT2D eigenvalue weighted by Gasteiger charge is 2.20. The predicted octanol–water partition coefficient (Wildman–Crippen LogP) is 2.47. The molecule has 1 aromatic heterocycles. The van der Waals surface area contributed by atoms with E-state index in [1.54, 1.807) is 12.4 Å². The first-order valence-corrected chi connectivity index (χ1v) is 6.87. The number of hydrogen-bond acceptors (Lipinski definition) is 3. The van der Waals surface area contributed by atoms with Gasteiger partial charge in [-0.1, -0.05) is 12.1 Å². The minimum absolute atomic E-state index is 0.132. The largest absolute Gasteiger partial charge is 0.383 e. The van der Waals surface area contributed by atoms with Gasteiger partial charge >= 0.3 is 0 Å². The van der Waals surface area contributed by atoms with Crippen molar-refractivity contribution in [1.82, 2.24) is 4.98 Å². The average molecular weight is 267 g/mol. The molecule has 1 aliphatic heterocycles. The first kappa shape index (κ1) is 12.7. The maximum Gasteiger partial charge on any atom is 0.231 e. The van der Waals surface area contributed by atoms with Crippen LogP contribution in [0.25, 0.3) is 0 Å². The highest BCUT2D eigenvalue weighted by Crippen LogP contribution is 2.28. The number of carbonyl (C=O) groups excluding carboxylic acids is 1. The molecule has 0 unspecified atom stereocenters. The number of amides is 1. The molecule has 4 nitrogen and oxygen atoms in total. The second-order valence-corrected chi connectivity index (χ2v) is 4.88. The summed E-state index contributed by atoms with van der Waals surface area (Å²) in [6, 6.07) is 11.8. The smallest absolute Gasteiger partial charge is 0.231 e. The third kappa shape index (κ3) is 2.64. The van der Waals surface area contributed by atoms with E-state index < -0.39 is 0 Å². The van der Waals surface area contributed by atoms with Gasteiger partial charge in [-0.25, -0.2) is 0 Å². The zero-order chi connectivity index (χ0) is 13.8. The fourth-order valence-corrected chi connectivity index (χ4v) is 2.47. The number of carbonyl (C=O) groups is 1. The molecule has 0 spiro atoms. The lowest BCUT2D eigenvalue weighted by Gasteiger charge is -2.22. The number of nitrogens with one attached hydrogen (secondary N) is 1. The van der Waals surface area contributed by atoms with Crippen molar-refractivity contribution in [3.8, 4) is 0 Å². The quantitative estimate of drug-likeness (QED) is 0.909. The Labute approximate surface area is 118 Å². The maximum absolute atomic E-state index is 12.6. The molecule has 1 aromatic carbocycles. The van der Waals surface area contributed by atoms with E-state index in [4.69, 9.17) is 0 Å². The Morgan fingerprint density at radius 1 is 1.20 bits per heavy atom. The summed E-state index contributed by atoms with van der Waals surface area (Å²) in [5.41, 5.74) is 3.01. The topological polar surface area (TPSA) is 45.2 Å². The van der Waals surface area contributed by atoms with Gasteiger partial charge in [0.15, 0.2) is 0 Å². The molecule has 0 fully saturated rings. The Hall–Kier alpha value is -2.36. The molecule has 102 valence electrons. The van der Waals surface area contributed by atoms with Crippen LogP contribution in [0.15, 0.2) is 48.8 Å². The zero-order valence-corrected chi connectivity index (χ0v) is 11.2. The Morgan fingerprint density at radius 2 is 2.00 bits per heavy atom. The number of benzene rings is 1. The number of aromatic nitrogens is 1. The summed E-state index contributed by atoms with van der Waals surface area (Å²) in [7, 11) is 0. The summed E-state index contributed by atoms with van der Waals surface area (Å²) in [5, 5.41) is 3.37. The van der Waals surface area contributed by atoms with E-state index in [0.29, 0.717) is 6.42 Å². The summed E-state index contributed by atoms with van der Waals surface area (Å²) in [6.45, 7) is 1.66. The molecule has 1 aliphatic rings. The van der Waals surface area contributed by atoms with Crippen LogP contribution in [0.1, 0.15) is 12.0 Å². The van der Waals surface area contributed by atoms with E-state index in [2.05, 4.69) is 10.3 Å². The highest BCUT2D eigenvalue weighted by molar-refractivity contribution is 5.98. The van der Waals surface area contributed by atoms with Crippen molar-refractivity contribution in [1.29, 1.82) is 0 Å². The van der Waals surface area contributed by atoms with Crippen LogP contribution >= 0.6 is 0 Å². The van der Waals surface area contributed by atoms with Gasteiger partial charge in [0.05, 0.1) is 17.8 Å². The van der Waals surface area contributed by atoms with Gasteiger partial charge in [0.25, 0.3) is 0 Å². The molecule has 0 atom stereocenters. The summed E-state index contributed by atoms with van der Waals surface area (Å²) in [4.78, 5) is 18.4. The SMILES string of the molecule is O=C(Cc1ccncc1)N1CCCNc2ccccc21. The first-order valence-electron chi connectivity index (χ1n) is 6.87. The van der Waals surface area contributed by atoms with Crippen molar-refractivity contribution in [3.05, 3.63) is 54.4 Å². The van der Waals surface area contributed by atoms with Crippen molar-refractivity contribution in [3.63, 3.8) is 0 Å². The lowest BCUT2D eigenvalue weighted by Crippen LogP contribution is -2.32. The van der Waals surface area contributed by atoms with Crippen LogP contribution in [0.4, 0.5) is 11.4 Å². The van der Waals surface area contributed by atoms with Gasteiger partial charge in [0, 0.05) is 25.5 Å². The molecule has 0 radical (unpaired) electrons. The molecule has 3 rings (SSSR count). The van der Waals surface area contributed by atoms with E-state index >= 15 is 0 Å². The monoisotopic (exact) mass is 267 g/mol. The number of hydrogen-bond donors (Lipinski definition) is 1. The Kier molecular flexibility index (Phi) is 3.63. The molecule has 1 N–H and O–H groups in total. The number of pyridine rings is 1. The van der Waals surface area contributed by atoms with Crippen molar-refractivity contribution < 1.29 is 4.79 Å². The lowest BCUT2D eigenvalue weighted by atomic mass is 10.1. The molecule has 0 aliphatic carbocycles. The van der Waals surface area contributed by atoms with Crippen LogP contribution in [0.3, 0.4) is 0 Å². The molecular weight excluding hydrogens is 250 g/mol. The molecule has 0 saturated carbocycles. The van der Waals surface area contributed by atoms with Gasteiger partial charge in [-0.15, -0.1) is 0 Å². The molecule has 0 bridgehead atoms. The van der Waals surface area contributed by atoms with Gasteiger partial charge in [-0.2, -0.15) is 0 Å². The van der Waals surface area contributed by atoms with E-state index in [9.17, 15) is 4.79 Å². The zero-order valence-electron chi connectivity index (χ0n) is 11.2. The third-order valence-corrected chi connectivity index (χ3v) is 3.47. The fraction of sp³-hybridized carbons (Fsp3) is 0.250. The van der Waals surface area contributed by atoms with Crippen molar-refractivity contribution >= 4 is 17.3 Å². The number of nitrogens with zero attached hydrogens (tertiary/aromatic N) is 2. The number of rotatable bonds is 2. The Balaban J connectivity index is 1.84. The molecule has 20 heavy (non-hydrogen) atoms. The van der Waals surface area contributed by atoms with Gasteiger partial charge in [0.1, 0.15) is 0 Å². The summed E-state index contributed by atoms with van der Waals surface area (Å²) in [6.07, 6.45) is 4.81. The standard InChI is InChI=1S/C16H17N3O/c20-16(12-13-6-9-17-10-7-13)19-11-3-8-18-14-4-1-2-5-15(14)19/h1-2,4-7,9-10,18H,3,8,11-12H2. The molecule has 2 heterocycles. The van der Waals surface area contributed by atoms with Gasteiger partial charge in [-0.05, 0) is 36.2 Å². The van der Waals surface area contributed by atoms with E-state index in [0.717, 1.165) is 36.4 Å². The van der Waals surface area contributed by atoms with Crippen molar-refractivity contribution in [2.75, 3.05) is 23.3 Å². The highest BCUT2D eigenvalue weighted by atomic mass is 16.2. The number of anilines is 2. The van der Waals surface area contributed by atoms with E-state index in [-0.39, 0.29) is 5.91 Å². The van der Waals surface area contributed by atoms with Crippen molar-refractivity contribution in [2.45, 2.75) is 12.8 Å². The number of para-hydroxylation sites is 2. The summed E-state index contributed by atoms with van der Waals surface area (Å²) < 4.78 is 0. The number of fused-ring (bicyclic) bond motifs is 1. The lowest BCUT2D eigenvalue weighted by molar-refractivity contribution is -0.118. The van der Waals surface area contributed by atoms with Crippen molar-refractivity contribution in [2.24, 2.45) is 0 Å². The first-order chi connectivity index (χ1) is 9.84. The van der Waals surface area contributed by atoms with Gasteiger partial charge in [0.2, 0.25) is 5.91 Å². The van der Waals surface area contributed by atoms with Crippen LogP contribution in [0.2, 0.25) is 0 Å². The summed E-state index contributed by atoms with van der Waals surface area (Å²) >= 11 is 0. The van der Waals surface area contributed by atoms with Crippen LogP contribution < -0.4 is 10.2 Å². The van der Waals surface area contributed by atoms with Crippen LogP contribution in [0, 0.1) is 0 Å². The molecule has 2 aromatic rings. The normalized spacial score (nSPS) is 14.1. The van der Waals surface area contributed by atoms with E-state index in [1.807, 2.05) is 41.3 Å². The second kappa shape index (κ2) is 5.74. The van der Waals surface area contributed by atoms with Crippen LogP contribution in [-0.4, -0.2) is 24.0 Å². The maximum atomic E-state index is 12.6. The molecule has 1 amide bonds. The van der Waals surface area contributed by atoms with Crippen LogP contribution in [0.5, 0.6) is 0 Å². The minimum Gasteiger partial charge on any atom is -0.383 e. The summed E-state index contributed by atoms with van der Waals surface area (Å²) in [5.74, 6) is 0.132. The Bertz CT molecular complexity index is 598. The Morgan fingerprint density at radius 3 is 2.85 bits per heavy atom.